The van der Waals surface area contributed by atoms with Gasteiger partial charge >= 0.3 is 0 Å². The first-order valence-electron chi connectivity index (χ1n) is 8.33. The van der Waals surface area contributed by atoms with Gasteiger partial charge in [0.1, 0.15) is 0 Å². The molecule has 1 aliphatic rings. The SMILES string of the molecule is C/C=C/C1CCC(c2cc3ccc(OC)c(F)c3c(F)c2F)CC1. The summed E-state index contributed by atoms with van der Waals surface area (Å²) in [6.07, 6.45) is 7.77. The maximum atomic E-state index is 14.6. The predicted molar refractivity (Wildman–Crippen MR) is 89.9 cm³/mol. The van der Waals surface area contributed by atoms with Crippen LogP contribution in [0.15, 0.2) is 30.4 Å². The highest BCUT2D eigenvalue weighted by molar-refractivity contribution is 5.86. The van der Waals surface area contributed by atoms with Crippen molar-refractivity contribution in [3.8, 4) is 5.75 Å². The Labute approximate surface area is 140 Å². The third-order valence-electron chi connectivity index (χ3n) is 5.01. The fourth-order valence-electron chi connectivity index (χ4n) is 3.73. The summed E-state index contributed by atoms with van der Waals surface area (Å²) in [4.78, 5) is 0. The first-order valence-corrected chi connectivity index (χ1v) is 8.33. The molecule has 24 heavy (non-hydrogen) atoms. The monoisotopic (exact) mass is 334 g/mol. The third kappa shape index (κ3) is 2.90. The zero-order valence-electron chi connectivity index (χ0n) is 13.9. The first kappa shape index (κ1) is 16.9. The quantitative estimate of drug-likeness (QED) is 0.615. The number of halogens is 3. The largest absolute Gasteiger partial charge is 0.494 e. The number of fused-ring (bicyclic) bond motifs is 1. The summed E-state index contributed by atoms with van der Waals surface area (Å²) in [5.74, 6) is -2.48. The number of ether oxygens (including phenoxy) is 1. The standard InChI is InChI=1S/C20H21F3O/c1-3-4-12-5-7-13(8-6-12)15-11-14-9-10-16(24-2)19(22)17(14)20(23)18(15)21/h3-4,9-13H,5-8H2,1-2H3/b4-3+. The smallest absolute Gasteiger partial charge is 0.175 e. The number of hydrogen-bond donors (Lipinski definition) is 0. The van der Waals surface area contributed by atoms with Gasteiger partial charge in [0, 0.05) is 0 Å². The summed E-state index contributed by atoms with van der Waals surface area (Å²) in [7, 11) is 1.30. The zero-order chi connectivity index (χ0) is 17.3. The van der Waals surface area contributed by atoms with E-state index in [9.17, 15) is 13.2 Å². The Bertz CT molecular complexity index is 774. The third-order valence-corrected chi connectivity index (χ3v) is 5.01. The average molecular weight is 334 g/mol. The molecule has 0 radical (unpaired) electrons. The molecule has 4 heteroatoms. The van der Waals surface area contributed by atoms with E-state index in [0.29, 0.717) is 16.9 Å². The Hall–Kier alpha value is -1.97. The first-order chi connectivity index (χ1) is 11.6. The van der Waals surface area contributed by atoms with Gasteiger partial charge in [-0.05, 0) is 67.5 Å². The lowest BCUT2D eigenvalue weighted by atomic mass is 9.78. The summed E-state index contributed by atoms with van der Waals surface area (Å²) >= 11 is 0. The van der Waals surface area contributed by atoms with E-state index >= 15 is 0 Å². The van der Waals surface area contributed by atoms with Crippen LogP contribution in [0, 0.1) is 23.4 Å². The molecule has 1 fully saturated rings. The van der Waals surface area contributed by atoms with Crippen LogP contribution in [0.5, 0.6) is 5.75 Å². The maximum absolute atomic E-state index is 14.6. The molecule has 0 amide bonds. The van der Waals surface area contributed by atoms with Gasteiger partial charge in [-0.1, -0.05) is 18.2 Å². The van der Waals surface area contributed by atoms with Gasteiger partial charge in [-0.15, -0.1) is 0 Å². The van der Waals surface area contributed by atoms with Crippen molar-refractivity contribution in [1.29, 1.82) is 0 Å². The molecule has 2 aromatic carbocycles. The number of methoxy groups -OCH3 is 1. The average Bonchev–Trinajstić information content (AvgIpc) is 2.59. The van der Waals surface area contributed by atoms with Crippen LogP contribution in [0.4, 0.5) is 13.2 Å². The van der Waals surface area contributed by atoms with E-state index in [1.54, 1.807) is 12.1 Å². The summed E-state index contributed by atoms with van der Waals surface area (Å²) in [6.45, 7) is 1.99. The summed E-state index contributed by atoms with van der Waals surface area (Å²) in [5.41, 5.74) is 0.364. The Kier molecular flexibility index (Phi) is 4.83. The highest BCUT2D eigenvalue weighted by atomic mass is 19.2. The van der Waals surface area contributed by atoms with E-state index in [1.165, 1.54) is 13.2 Å². The normalized spacial score (nSPS) is 21.5. The Morgan fingerprint density at radius 2 is 1.71 bits per heavy atom. The molecule has 0 spiro atoms. The van der Waals surface area contributed by atoms with Crippen LogP contribution >= 0.6 is 0 Å². The van der Waals surface area contributed by atoms with Crippen molar-refractivity contribution in [3.05, 3.63) is 53.4 Å². The van der Waals surface area contributed by atoms with Crippen molar-refractivity contribution in [2.45, 2.75) is 38.5 Å². The molecule has 0 bridgehead atoms. The van der Waals surface area contributed by atoms with Gasteiger partial charge in [0.25, 0.3) is 0 Å². The second-order valence-corrected chi connectivity index (χ2v) is 6.41. The molecule has 128 valence electrons. The van der Waals surface area contributed by atoms with Crippen LogP contribution in [0.2, 0.25) is 0 Å². The molecule has 3 rings (SSSR count). The fraction of sp³-hybridized carbons (Fsp3) is 0.400. The lowest BCUT2D eigenvalue weighted by Gasteiger charge is -2.27. The minimum absolute atomic E-state index is 0.0180. The van der Waals surface area contributed by atoms with Crippen molar-refractivity contribution in [2.24, 2.45) is 5.92 Å². The predicted octanol–water partition coefficient (Wildman–Crippen LogP) is 6.12. The number of hydrogen-bond acceptors (Lipinski definition) is 1. The van der Waals surface area contributed by atoms with Gasteiger partial charge < -0.3 is 4.74 Å². The van der Waals surface area contributed by atoms with Crippen LogP contribution in [0.1, 0.15) is 44.1 Å². The van der Waals surface area contributed by atoms with Crippen molar-refractivity contribution < 1.29 is 17.9 Å². The molecule has 0 saturated heterocycles. The van der Waals surface area contributed by atoms with Crippen LogP contribution in [0.3, 0.4) is 0 Å². The lowest BCUT2D eigenvalue weighted by molar-refractivity contribution is 0.364. The van der Waals surface area contributed by atoms with E-state index in [4.69, 9.17) is 4.74 Å². The molecule has 0 N–H and O–H groups in total. The lowest BCUT2D eigenvalue weighted by Crippen LogP contribution is -2.13. The highest BCUT2D eigenvalue weighted by Gasteiger charge is 2.27. The van der Waals surface area contributed by atoms with Gasteiger partial charge in [-0.2, -0.15) is 0 Å². The van der Waals surface area contributed by atoms with Crippen LogP contribution in [-0.2, 0) is 0 Å². The minimum Gasteiger partial charge on any atom is -0.494 e. The van der Waals surface area contributed by atoms with Crippen LogP contribution < -0.4 is 4.74 Å². The molecule has 0 aromatic heterocycles. The fourth-order valence-corrected chi connectivity index (χ4v) is 3.73. The summed E-state index contributed by atoms with van der Waals surface area (Å²) in [6, 6.07) is 4.62. The second kappa shape index (κ2) is 6.88. The Morgan fingerprint density at radius 3 is 2.33 bits per heavy atom. The molecule has 1 aliphatic carbocycles. The molecular formula is C20H21F3O. The van der Waals surface area contributed by atoms with Crippen LogP contribution in [0.25, 0.3) is 10.8 Å². The van der Waals surface area contributed by atoms with Crippen molar-refractivity contribution in [1.82, 2.24) is 0 Å². The van der Waals surface area contributed by atoms with Crippen LogP contribution in [-0.4, -0.2) is 7.11 Å². The minimum atomic E-state index is -1.12. The summed E-state index contributed by atoms with van der Waals surface area (Å²) in [5, 5.41) is 0.0379. The van der Waals surface area contributed by atoms with Crippen molar-refractivity contribution in [3.63, 3.8) is 0 Å². The topological polar surface area (TPSA) is 9.23 Å². The van der Waals surface area contributed by atoms with Crippen molar-refractivity contribution in [2.75, 3.05) is 7.11 Å². The molecular weight excluding hydrogens is 313 g/mol. The van der Waals surface area contributed by atoms with E-state index < -0.39 is 17.5 Å². The van der Waals surface area contributed by atoms with Gasteiger partial charge in [0.05, 0.1) is 12.5 Å². The molecule has 0 unspecified atom stereocenters. The highest BCUT2D eigenvalue weighted by Crippen LogP contribution is 2.40. The molecule has 0 heterocycles. The summed E-state index contributed by atoms with van der Waals surface area (Å²) < 4.78 is 48.2. The molecule has 1 nitrogen and oxygen atoms in total. The van der Waals surface area contributed by atoms with Gasteiger partial charge in [-0.25, -0.2) is 13.2 Å². The van der Waals surface area contributed by atoms with Gasteiger partial charge in [0.2, 0.25) is 0 Å². The van der Waals surface area contributed by atoms with Gasteiger partial charge in [-0.3, -0.25) is 0 Å². The zero-order valence-corrected chi connectivity index (χ0v) is 13.9. The van der Waals surface area contributed by atoms with Gasteiger partial charge in [0.15, 0.2) is 23.2 Å². The van der Waals surface area contributed by atoms with E-state index in [-0.39, 0.29) is 17.1 Å². The number of allylic oxidation sites excluding steroid dienone is 2. The second-order valence-electron chi connectivity index (χ2n) is 6.41. The van der Waals surface area contributed by atoms with Crippen molar-refractivity contribution >= 4 is 10.8 Å². The molecule has 1 saturated carbocycles. The Morgan fingerprint density at radius 1 is 1.00 bits per heavy atom. The van der Waals surface area contributed by atoms with E-state index in [1.807, 2.05) is 13.0 Å². The molecule has 0 aliphatic heterocycles. The Balaban J connectivity index is 2.00. The number of benzene rings is 2. The van der Waals surface area contributed by atoms with E-state index in [2.05, 4.69) is 6.08 Å². The van der Waals surface area contributed by atoms with E-state index in [0.717, 1.165) is 25.7 Å². The molecule has 0 atom stereocenters. The maximum Gasteiger partial charge on any atom is 0.175 e. The molecule has 2 aromatic rings. The number of rotatable bonds is 3.